The summed E-state index contributed by atoms with van der Waals surface area (Å²) in [5, 5.41) is 14.9. The second-order valence-corrected chi connectivity index (χ2v) is 3.64. The van der Waals surface area contributed by atoms with Gasteiger partial charge in [-0.05, 0) is 25.1 Å². The van der Waals surface area contributed by atoms with Crippen molar-refractivity contribution in [2.24, 2.45) is 0 Å². The highest BCUT2D eigenvalue weighted by molar-refractivity contribution is 5.94. The van der Waals surface area contributed by atoms with Crippen LogP contribution in [0.5, 0.6) is 0 Å². The van der Waals surface area contributed by atoms with E-state index in [-0.39, 0.29) is 11.7 Å². The van der Waals surface area contributed by atoms with Gasteiger partial charge in [-0.25, -0.2) is 9.37 Å². The van der Waals surface area contributed by atoms with Gasteiger partial charge in [0, 0.05) is 0 Å². The van der Waals surface area contributed by atoms with Gasteiger partial charge in [-0.3, -0.25) is 4.79 Å². The number of pyridine rings is 1. The molecule has 1 aliphatic rings. The molecule has 86 valence electrons. The lowest BCUT2D eigenvalue weighted by Crippen LogP contribution is -2.42. The molecule has 1 fully saturated rings. The molecule has 0 radical (unpaired) electrons. The second-order valence-electron chi connectivity index (χ2n) is 3.64. The van der Waals surface area contributed by atoms with Gasteiger partial charge < -0.3 is 15.7 Å². The highest BCUT2D eigenvalue weighted by Crippen LogP contribution is 2.10. The SMILES string of the molecule is O=C(Nc1ccc(F)cn1)[C@H]1NCC[C@@H]1O. The second kappa shape index (κ2) is 4.54. The van der Waals surface area contributed by atoms with Crippen LogP contribution in [-0.2, 0) is 4.79 Å². The number of carbonyl (C=O) groups is 1. The van der Waals surface area contributed by atoms with E-state index in [9.17, 15) is 14.3 Å². The maximum absolute atomic E-state index is 12.6. The molecular weight excluding hydrogens is 213 g/mol. The molecule has 1 aromatic heterocycles. The number of carbonyl (C=O) groups excluding carboxylic acids is 1. The molecule has 0 bridgehead atoms. The number of anilines is 1. The molecule has 1 amide bonds. The molecule has 0 spiro atoms. The maximum Gasteiger partial charge on any atom is 0.245 e. The van der Waals surface area contributed by atoms with Crippen LogP contribution in [0.4, 0.5) is 10.2 Å². The van der Waals surface area contributed by atoms with E-state index in [4.69, 9.17) is 0 Å². The molecular formula is C10H12FN3O2. The van der Waals surface area contributed by atoms with Crippen LogP contribution >= 0.6 is 0 Å². The number of halogens is 1. The third kappa shape index (κ3) is 2.34. The summed E-state index contributed by atoms with van der Waals surface area (Å²) >= 11 is 0. The summed E-state index contributed by atoms with van der Waals surface area (Å²) in [5.74, 6) is -0.548. The first-order valence-electron chi connectivity index (χ1n) is 5.00. The van der Waals surface area contributed by atoms with Gasteiger partial charge >= 0.3 is 0 Å². The van der Waals surface area contributed by atoms with Crippen molar-refractivity contribution in [2.45, 2.75) is 18.6 Å². The fraction of sp³-hybridized carbons (Fsp3) is 0.400. The number of aliphatic hydroxyl groups excluding tert-OH is 1. The van der Waals surface area contributed by atoms with Crippen LogP contribution in [0.25, 0.3) is 0 Å². The zero-order valence-corrected chi connectivity index (χ0v) is 8.48. The number of hydrogen-bond donors (Lipinski definition) is 3. The standard InChI is InChI=1S/C10H12FN3O2/c11-6-1-2-8(13-5-6)14-10(16)9-7(15)3-4-12-9/h1-2,5,7,9,12,15H,3-4H2,(H,13,14,16)/t7-,9-/m0/s1. The van der Waals surface area contributed by atoms with Crippen LogP contribution in [0.1, 0.15) is 6.42 Å². The molecule has 1 aliphatic heterocycles. The van der Waals surface area contributed by atoms with Crippen LogP contribution in [0, 0.1) is 5.82 Å². The zero-order chi connectivity index (χ0) is 11.5. The van der Waals surface area contributed by atoms with Crippen molar-refractivity contribution in [3.05, 3.63) is 24.1 Å². The molecule has 0 aliphatic carbocycles. The van der Waals surface area contributed by atoms with Gasteiger partial charge in [0.05, 0.1) is 12.3 Å². The first kappa shape index (κ1) is 11.0. The lowest BCUT2D eigenvalue weighted by atomic mass is 10.1. The fourth-order valence-electron chi connectivity index (χ4n) is 1.61. The maximum atomic E-state index is 12.6. The smallest absolute Gasteiger partial charge is 0.245 e. The summed E-state index contributed by atoms with van der Waals surface area (Å²) < 4.78 is 12.6. The average molecular weight is 225 g/mol. The van der Waals surface area contributed by atoms with E-state index in [0.29, 0.717) is 13.0 Å². The molecule has 0 aromatic carbocycles. The van der Waals surface area contributed by atoms with E-state index in [1.165, 1.54) is 12.1 Å². The van der Waals surface area contributed by atoms with Crippen LogP contribution in [-0.4, -0.2) is 34.7 Å². The molecule has 0 unspecified atom stereocenters. The summed E-state index contributed by atoms with van der Waals surface area (Å²) in [5.41, 5.74) is 0. The first-order chi connectivity index (χ1) is 7.66. The minimum absolute atomic E-state index is 0.271. The number of nitrogens with zero attached hydrogens (tertiary/aromatic N) is 1. The minimum atomic E-state index is -0.680. The van der Waals surface area contributed by atoms with Gasteiger partial charge in [-0.2, -0.15) is 0 Å². The number of rotatable bonds is 2. The van der Waals surface area contributed by atoms with E-state index in [1.54, 1.807) is 0 Å². The molecule has 2 heterocycles. The number of amides is 1. The quantitative estimate of drug-likeness (QED) is 0.656. The summed E-state index contributed by atoms with van der Waals surface area (Å²) in [6.45, 7) is 0.607. The van der Waals surface area contributed by atoms with Gasteiger partial charge in [0.1, 0.15) is 17.7 Å². The van der Waals surface area contributed by atoms with Gasteiger partial charge in [-0.15, -0.1) is 0 Å². The predicted molar refractivity (Wildman–Crippen MR) is 55.2 cm³/mol. The van der Waals surface area contributed by atoms with E-state index >= 15 is 0 Å². The predicted octanol–water partition coefficient (Wildman–Crippen LogP) is -0.118. The fourth-order valence-corrected chi connectivity index (χ4v) is 1.61. The van der Waals surface area contributed by atoms with Gasteiger partial charge in [0.25, 0.3) is 0 Å². The lowest BCUT2D eigenvalue weighted by molar-refractivity contribution is -0.119. The Morgan fingerprint density at radius 1 is 1.62 bits per heavy atom. The monoisotopic (exact) mass is 225 g/mol. The largest absolute Gasteiger partial charge is 0.391 e. The van der Waals surface area contributed by atoms with Crippen molar-refractivity contribution in [1.82, 2.24) is 10.3 Å². The van der Waals surface area contributed by atoms with E-state index in [2.05, 4.69) is 15.6 Å². The first-order valence-corrected chi connectivity index (χ1v) is 5.00. The normalized spacial score (nSPS) is 24.4. The summed E-state index contributed by atoms with van der Waals surface area (Å²) in [6, 6.07) is 1.96. The van der Waals surface area contributed by atoms with Crippen LogP contribution in [0.2, 0.25) is 0 Å². The highest BCUT2D eigenvalue weighted by Gasteiger charge is 2.31. The van der Waals surface area contributed by atoms with Crippen molar-refractivity contribution in [3.63, 3.8) is 0 Å². The van der Waals surface area contributed by atoms with Gasteiger partial charge in [0.2, 0.25) is 5.91 Å². The summed E-state index contributed by atoms with van der Waals surface area (Å²) in [4.78, 5) is 15.3. The summed E-state index contributed by atoms with van der Waals surface area (Å²) in [7, 11) is 0. The Morgan fingerprint density at radius 2 is 2.44 bits per heavy atom. The number of aromatic nitrogens is 1. The zero-order valence-electron chi connectivity index (χ0n) is 8.48. The Hall–Kier alpha value is -1.53. The summed E-state index contributed by atoms with van der Waals surface area (Å²) in [6.07, 6.45) is 0.892. The molecule has 6 heteroatoms. The molecule has 1 aromatic rings. The van der Waals surface area contributed by atoms with Gasteiger partial charge in [0.15, 0.2) is 0 Å². The minimum Gasteiger partial charge on any atom is -0.391 e. The molecule has 2 atom stereocenters. The number of hydrogen-bond acceptors (Lipinski definition) is 4. The van der Waals surface area contributed by atoms with Crippen molar-refractivity contribution in [3.8, 4) is 0 Å². The van der Waals surface area contributed by atoms with Crippen LogP contribution < -0.4 is 10.6 Å². The van der Waals surface area contributed by atoms with E-state index in [0.717, 1.165) is 6.20 Å². The van der Waals surface area contributed by atoms with Crippen molar-refractivity contribution in [1.29, 1.82) is 0 Å². The van der Waals surface area contributed by atoms with E-state index in [1.807, 2.05) is 0 Å². The van der Waals surface area contributed by atoms with Crippen LogP contribution in [0.15, 0.2) is 18.3 Å². The average Bonchev–Trinajstić information content (AvgIpc) is 2.68. The third-order valence-corrected chi connectivity index (χ3v) is 2.45. The lowest BCUT2D eigenvalue weighted by Gasteiger charge is -2.13. The molecule has 5 nitrogen and oxygen atoms in total. The molecule has 0 saturated carbocycles. The third-order valence-electron chi connectivity index (χ3n) is 2.45. The Balaban J connectivity index is 1.99. The Kier molecular flexibility index (Phi) is 3.12. The van der Waals surface area contributed by atoms with Crippen molar-refractivity contribution >= 4 is 11.7 Å². The van der Waals surface area contributed by atoms with Crippen molar-refractivity contribution in [2.75, 3.05) is 11.9 Å². The Labute approximate surface area is 91.7 Å². The molecule has 1 saturated heterocycles. The number of aliphatic hydroxyl groups is 1. The van der Waals surface area contributed by atoms with E-state index < -0.39 is 18.0 Å². The van der Waals surface area contributed by atoms with Gasteiger partial charge in [-0.1, -0.05) is 0 Å². The van der Waals surface area contributed by atoms with Crippen LogP contribution in [0.3, 0.4) is 0 Å². The molecule has 2 rings (SSSR count). The number of nitrogens with one attached hydrogen (secondary N) is 2. The molecule has 16 heavy (non-hydrogen) atoms. The highest BCUT2D eigenvalue weighted by atomic mass is 19.1. The Bertz CT molecular complexity index is 382. The topological polar surface area (TPSA) is 74.2 Å². The Morgan fingerprint density at radius 3 is 3.00 bits per heavy atom. The molecule has 3 N–H and O–H groups in total. The van der Waals surface area contributed by atoms with Crippen molar-refractivity contribution < 1.29 is 14.3 Å².